The molecule has 0 bridgehead atoms. The quantitative estimate of drug-likeness (QED) is 0.470. The lowest BCUT2D eigenvalue weighted by atomic mass is 9.81. The highest BCUT2D eigenvalue weighted by Gasteiger charge is 2.41. The van der Waals surface area contributed by atoms with Gasteiger partial charge in [0, 0.05) is 16.8 Å². The van der Waals surface area contributed by atoms with Crippen LogP contribution in [0.1, 0.15) is 53.6 Å². The number of carbonyl (C=O) groups excluding carboxylic acids is 1. The number of hydrogen-bond acceptors (Lipinski definition) is 3. The van der Waals surface area contributed by atoms with Gasteiger partial charge in [-0.2, -0.15) is 0 Å². The van der Waals surface area contributed by atoms with Crippen molar-refractivity contribution in [2.24, 2.45) is 0 Å². The molecule has 1 fully saturated rings. The molecule has 166 valence electrons. The minimum Gasteiger partial charge on any atom is -0.480 e. The van der Waals surface area contributed by atoms with Crippen molar-refractivity contribution in [2.75, 3.05) is 5.32 Å². The van der Waals surface area contributed by atoms with Crippen molar-refractivity contribution in [1.29, 1.82) is 0 Å². The van der Waals surface area contributed by atoms with Crippen LogP contribution in [-0.4, -0.2) is 22.5 Å². The highest BCUT2D eigenvalue weighted by Crippen LogP contribution is 2.30. The second-order valence-corrected chi connectivity index (χ2v) is 8.27. The standard InChI is InChI=1S/C28H26N2O3/c31-26(30-28(27(32)33)18-8-3-9-19-28)24-17-16-22(15-14-21-10-4-1-5-11-21)20-25(24)29-23-12-6-2-7-13-23/h1-2,4-7,10-13,16-17,20,29H,3,8-9,18-19H2,(H,30,31)(H,32,33). The maximum Gasteiger partial charge on any atom is 0.329 e. The van der Waals surface area contributed by atoms with Gasteiger partial charge in [0.1, 0.15) is 5.54 Å². The SMILES string of the molecule is O=C(NC1(C(=O)O)CCCCC1)c1ccc(C#Cc2ccccc2)cc1Nc1ccccc1. The summed E-state index contributed by atoms with van der Waals surface area (Å²) in [5.41, 5.74) is 2.22. The van der Waals surface area contributed by atoms with E-state index in [0.717, 1.165) is 36.1 Å². The number of benzene rings is 3. The Kier molecular flexibility index (Phi) is 6.75. The topological polar surface area (TPSA) is 78.4 Å². The Morgan fingerprint density at radius 1 is 0.788 bits per heavy atom. The highest BCUT2D eigenvalue weighted by molar-refractivity contribution is 6.03. The lowest BCUT2D eigenvalue weighted by Gasteiger charge is -2.34. The number of nitrogens with one attached hydrogen (secondary N) is 2. The Morgan fingerprint density at radius 3 is 2.09 bits per heavy atom. The Balaban J connectivity index is 1.66. The van der Waals surface area contributed by atoms with Crippen molar-refractivity contribution >= 4 is 23.3 Å². The van der Waals surface area contributed by atoms with E-state index >= 15 is 0 Å². The maximum absolute atomic E-state index is 13.3. The van der Waals surface area contributed by atoms with Gasteiger partial charge in [-0.25, -0.2) is 4.79 Å². The summed E-state index contributed by atoms with van der Waals surface area (Å²) in [5, 5.41) is 16.0. The molecule has 3 aromatic carbocycles. The molecule has 1 saturated carbocycles. The van der Waals surface area contributed by atoms with Crippen molar-refractivity contribution in [3.63, 3.8) is 0 Å². The summed E-state index contributed by atoms with van der Waals surface area (Å²) >= 11 is 0. The van der Waals surface area contributed by atoms with Gasteiger partial charge < -0.3 is 15.7 Å². The molecule has 5 nitrogen and oxygen atoms in total. The van der Waals surface area contributed by atoms with Crippen LogP contribution < -0.4 is 10.6 Å². The Hall–Kier alpha value is -4.04. The van der Waals surface area contributed by atoms with Crippen molar-refractivity contribution in [3.8, 4) is 11.8 Å². The van der Waals surface area contributed by atoms with Crippen LogP contribution in [-0.2, 0) is 4.79 Å². The summed E-state index contributed by atoms with van der Waals surface area (Å²) < 4.78 is 0. The number of carboxylic acid groups (broad SMARTS) is 1. The van der Waals surface area contributed by atoms with Gasteiger partial charge >= 0.3 is 5.97 Å². The Labute approximate surface area is 193 Å². The number of carbonyl (C=O) groups is 2. The van der Waals surface area contributed by atoms with Gasteiger partial charge in [0.15, 0.2) is 0 Å². The van der Waals surface area contributed by atoms with Crippen LogP contribution in [0.15, 0.2) is 78.9 Å². The summed E-state index contributed by atoms with van der Waals surface area (Å²) in [6.45, 7) is 0. The molecule has 0 unspecified atom stereocenters. The van der Waals surface area contributed by atoms with Gasteiger partial charge in [0.25, 0.3) is 5.91 Å². The van der Waals surface area contributed by atoms with Gasteiger partial charge in [-0.05, 0) is 55.3 Å². The number of anilines is 2. The minimum absolute atomic E-state index is 0.385. The zero-order chi connectivity index (χ0) is 23.1. The van der Waals surface area contributed by atoms with Crippen molar-refractivity contribution in [1.82, 2.24) is 5.32 Å². The number of amides is 1. The molecule has 0 aliphatic heterocycles. The van der Waals surface area contributed by atoms with Crippen molar-refractivity contribution < 1.29 is 14.7 Å². The van der Waals surface area contributed by atoms with Crippen LogP contribution in [0.4, 0.5) is 11.4 Å². The third kappa shape index (κ3) is 5.42. The van der Waals surface area contributed by atoms with Crippen molar-refractivity contribution in [3.05, 3.63) is 95.6 Å². The zero-order valence-corrected chi connectivity index (χ0v) is 18.3. The van der Waals surface area contributed by atoms with Crippen LogP contribution in [0.25, 0.3) is 0 Å². The molecule has 0 spiro atoms. The van der Waals surface area contributed by atoms with Gasteiger partial charge in [0.05, 0.1) is 11.3 Å². The molecule has 33 heavy (non-hydrogen) atoms. The fourth-order valence-corrected chi connectivity index (χ4v) is 4.10. The van der Waals surface area contributed by atoms with E-state index in [4.69, 9.17) is 0 Å². The van der Waals surface area contributed by atoms with Crippen LogP contribution in [0, 0.1) is 11.8 Å². The first-order chi connectivity index (χ1) is 16.1. The normalized spacial score (nSPS) is 14.4. The number of rotatable bonds is 5. The number of hydrogen-bond donors (Lipinski definition) is 3. The summed E-state index contributed by atoms with van der Waals surface area (Å²) in [4.78, 5) is 25.3. The highest BCUT2D eigenvalue weighted by atomic mass is 16.4. The van der Waals surface area contributed by atoms with Crippen molar-refractivity contribution in [2.45, 2.75) is 37.6 Å². The van der Waals surface area contributed by atoms with E-state index in [1.165, 1.54) is 0 Å². The van der Waals surface area contributed by atoms with E-state index < -0.39 is 17.4 Å². The number of carboxylic acids is 1. The molecule has 1 amide bonds. The molecule has 0 heterocycles. The van der Waals surface area contributed by atoms with Gasteiger partial charge in [-0.1, -0.05) is 67.5 Å². The van der Waals surface area contributed by atoms with E-state index in [1.54, 1.807) is 12.1 Å². The molecule has 1 aliphatic rings. The van der Waals surface area contributed by atoms with Gasteiger partial charge in [-0.15, -0.1) is 0 Å². The molecule has 1 aliphatic carbocycles. The maximum atomic E-state index is 13.3. The average Bonchev–Trinajstić information content (AvgIpc) is 2.84. The molecule has 0 radical (unpaired) electrons. The largest absolute Gasteiger partial charge is 0.480 e. The second kappa shape index (κ2) is 10.1. The number of aliphatic carboxylic acids is 1. The minimum atomic E-state index is -1.22. The molecule has 0 saturated heterocycles. The van der Waals surface area contributed by atoms with Gasteiger partial charge in [-0.3, -0.25) is 4.79 Å². The predicted octanol–water partition coefficient (Wildman–Crippen LogP) is 5.35. The summed E-state index contributed by atoms with van der Waals surface area (Å²) in [6, 6.07) is 24.5. The molecule has 5 heteroatoms. The molecule has 0 aromatic heterocycles. The predicted molar refractivity (Wildman–Crippen MR) is 130 cm³/mol. The van der Waals surface area contributed by atoms with E-state index in [-0.39, 0.29) is 0 Å². The molecular formula is C28H26N2O3. The van der Waals surface area contributed by atoms with Crippen LogP contribution in [0.3, 0.4) is 0 Å². The van der Waals surface area contributed by atoms with Gasteiger partial charge in [0.2, 0.25) is 0 Å². The zero-order valence-electron chi connectivity index (χ0n) is 18.3. The Morgan fingerprint density at radius 2 is 1.42 bits per heavy atom. The molecule has 3 aromatic rings. The fraction of sp³-hybridized carbons (Fsp3) is 0.214. The first-order valence-corrected chi connectivity index (χ1v) is 11.1. The Bertz CT molecular complexity index is 1190. The first-order valence-electron chi connectivity index (χ1n) is 11.1. The molecular weight excluding hydrogens is 412 g/mol. The van der Waals surface area contributed by atoms with E-state index in [1.807, 2.05) is 66.7 Å². The second-order valence-electron chi connectivity index (χ2n) is 8.27. The molecule has 3 N–H and O–H groups in total. The summed E-state index contributed by atoms with van der Waals surface area (Å²) in [5.74, 6) is 4.90. The molecule has 4 rings (SSSR count). The first kappa shape index (κ1) is 22.2. The number of para-hydroxylation sites is 1. The van der Waals surface area contributed by atoms with E-state index in [0.29, 0.717) is 24.1 Å². The molecule has 0 atom stereocenters. The smallest absolute Gasteiger partial charge is 0.329 e. The lowest BCUT2D eigenvalue weighted by Crippen LogP contribution is -2.55. The third-order valence-electron chi connectivity index (χ3n) is 5.91. The fourth-order valence-electron chi connectivity index (χ4n) is 4.10. The summed E-state index contributed by atoms with van der Waals surface area (Å²) in [6.07, 6.45) is 3.44. The van der Waals surface area contributed by atoms with Crippen LogP contribution in [0.5, 0.6) is 0 Å². The van der Waals surface area contributed by atoms with E-state index in [2.05, 4.69) is 22.5 Å². The monoisotopic (exact) mass is 438 g/mol. The third-order valence-corrected chi connectivity index (χ3v) is 5.91. The lowest BCUT2D eigenvalue weighted by molar-refractivity contribution is -0.145. The van der Waals surface area contributed by atoms with E-state index in [9.17, 15) is 14.7 Å². The van der Waals surface area contributed by atoms with Crippen LogP contribution >= 0.6 is 0 Å². The van der Waals surface area contributed by atoms with Crippen LogP contribution in [0.2, 0.25) is 0 Å². The summed E-state index contributed by atoms with van der Waals surface area (Å²) in [7, 11) is 0. The average molecular weight is 439 g/mol.